The van der Waals surface area contributed by atoms with Gasteiger partial charge in [0.15, 0.2) is 0 Å². The van der Waals surface area contributed by atoms with E-state index in [9.17, 15) is 0 Å². The second-order valence-corrected chi connectivity index (χ2v) is 2.72. The van der Waals surface area contributed by atoms with Crippen LogP contribution in [0.4, 0.5) is 0 Å². The number of methoxy groups -OCH3 is 1. The lowest BCUT2D eigenvalue weighted by Crippen LogP contribution is -1.99. The van der Waals surface area contributed by atoms with Gasteiger partial charge in [-0.3, -0.25) is 0 Å². The zero-order chi connectivity index (χ0) is 10.4. The van der Waals surface area contributed by atoms with Crippen LogP contribution in [0.5, 0.6) is 5.88 Å². The number of ether oxygens (including phenoxy) is 1. The molecule has 0 unspecified atom stereocenters. The van der Waals surface area contributed by atoms with Crippen molar-refractivity contribution in [3.8, 4) is 18.0 Å². The van der Waals surface area contributed by atoms with Gasteiger partial charge in [0.05, 0.1) is 19.2 Å². The van der Waals surface area contributed by atoms with E-state index in [0.717, 1.165) is 5.56 Å². The lowest BCUT2D eigenvalue weighted by atomic mass is 10.0. The van der Waals surface area contributed by atoms with Gasteiger partial charge >= 0.3 is 0 Å². The number of nitriles is 2. The van der Waals surface area contributed by atoms with Crippen molar-refractivity contribution in [2.75, 3.05) is 7.11 Å². The third-order valence-corrected chi connectivity index (χ3v) is 1.76. The van der Waals surface area contributed by atoms with E-state index < -0.39 is 5.92 Å². The molecule has 1 heterocycles. The molecule has 0 fully saturated rings. The summed E-state index contributed by atoms with van der Waals surface area (Å²) in [7, 11) is 1.54. The average molecular weight is 187 g/mol. The molecule has 0 spiro atoms. The number of pyridine rings is 1. The van der Waals surface area contributed by atoms with Crippen molar-refractivity contribution < 1.29 is 4.74 Å². The summed E-state index contributed by atoms with van der Waals surface area (Å²) in [6.45, 7) is 0. The molecular formula is C10H9N3O. The van der Waals surface area contributed by atoms with Crippen molar-refractivity contribution in [1.82, 2.24) is 4.98 Å². The number of hydrogen-bond acceptors (Lipinski definition) is 4. The van der Waals surface area contributed by atoms with E-state index in [-0.39, 0.29) is 0 Å². The monoisotopic (exact) mass is 187 g/mol. The number of hydrogen-bond donors (Lipinski definition) is 0. The van der Waals surface area contributed by atoms with Crippen molar-refractivity contribution in [3.63, 3.8) is 0 Å². The van der Waals surface area contributed by atoms with Gasteiger partial charge in [-0.1, -0.05) is 6.07 Å². The molecule has 0 aliphatic heterocycles. The Morgan fingerprint density at radius 2 is 2.14 bits per heavy atom. The molecule has 4 nitrogen and oxygen atoms in total. The maximum atomic E-state index is 8.57. The van der Waals surface area contributed by atoms with E-state index in [2.05, 4.69) is 4.98 Å². The fraction of sp³-hybridized carbons (Fsp3) is 0.300. The Labute approximate surface area is 82.4 Å². The second-order valence-electron chi connectivity index (χ2n) is 2.72. The Morgan fingerprint density at radius 1 is 1.43 bits per heavy atom. The third kappa shape index (κ3) is 2.46. The zero-order valence-corrected chi connectivity index (χ0v) is 7.77. The minimum Gasteiger partial charge on any atom is -0.481 e. The van der Waals surface area contributed by atoms with Gasteiger partial charge in [-0.15, -0.1) is 0 Å². The van der Waals surface area contributed by atoms with E-state index >= 15 is 0 Å². The second kappa shape index (κ2) is 4.84. The predicted molar refractivity (Wildman–Crippen MR) is 49.2 cm³/mol. The maximum absolute atomic E-state index is 8.57. The highest BCUT2D eigenvalue weighted by atomic mass is 16.5. The lowest BCUT2D eigenvalue weighted by Gasteiger charge is -2.01. The Hall–Kier alpha value is -2.07. The van der Waals surface area contributed by atoms with Crippen LogP contribution in [0.1, 0.15) is 5.56 Å². The standard InChI is InChI=1S/C10H9N3O/c1-14-10-3-2-8(7-13-10)4-9(5-11)6-12/h2-3,7,9H,4H2,1H3. The van der Waals surface area contributed by atoms with Gasteiger partial charge in [-0.05, 0) is 5.56 Å². The molecule has 4 heteroatoms. The predicted octanol–water partition coefficient (Wildman–Crippen LogP) is 1.30. The SMILES string of the molecule is COc1ccc(CC(C#N)C#N)cn1. The number of nitrogens with zero attached hydrogens (tertiary/aromatic N) is 3. The van der Waals surface area contributed by atoms with E-state index in [1.165, 1.54) is 7.11 Å². The molecule has 0 saturated carbocycles. The molecule has 0 N–H and O–H groups in total. The largest absolute Gasteiger partial charge is 0.481 e. The van der Waals surface area contributed by atoms with Crippen LogP contribution in [0.3, 0.4) is 0 Å². The summed E-state index contributed by atoms with van der Waals surface area (Å²) >= 11 is 0. The average Bonchev–Trinajstić information content (AvgIpc) is 2.26. The summed E-state index contributed by atoms with van der Waals surface area (Å²) in [4.78, 5) is 3.98. The summed E-state index contributed by atoms with van der Waals surface area (Å²) in [5, 5.41) is 17.1. The van der Waals surface area contributed by atoms with Crippen LogP contribution >= 0.6 is 0 Å². The molecule has 0 bridgehead atoms. The molecule has 0 aromatic carbocycles. The van der Waals surface area contributed by atoms with E-state index in [1.807, 2.05) is 12.1 Å². The van der Waals surface area contributed by atoms with E-state index in [1.54, 1.807) is 18.3 Å². The molecule has 0 aliphatic carbocycles. The van der Waals surface area contributed by atoms with Gasteiger partial charge < -0.3 is 4.74 Å². The van der Waals surface area contributed by atoms with Crippen molar-refractivity contribution in [3.05, 3.63) is 23.9 Å². The van der Waals surface area contributed by atoms with Crippen LogP contribution in [0.2, 0.25) is 0 Å². The fourth-order valence-corrected chi connectivity index (χ4v) is 1.01. The highest BCUT2D eigenvalue weighted by molar-refractivity contribution is 5.20. The molecule has 1 aromatic rings. The third-order valence-electron chi connectivity index (χ3n) is 1.76. The van der Waals surface area contributed by atoms with Crippen molar-refractivity contribution in [2.45, 2.75) is 6.42 Å². The summed E-state index contributed by atoms with van der Waals surface area (Å²) in [5.74, 6) is -0.0792. The first kappa shape index (κ1) is 10.0. The molecule has 0 saturated heterocycles. The maximum Gasteiger partial charge on any atom is 0.212 e. The van der Waals surface area contributed by atoms with Gasteiger partial charge in [0.2, 0.25) is 5.88 Å². The minimum atomic E-state index is -0.606. The van der Waals surface area contributed by atoms with Gasteiger partial charge in [0, 0.05) is 18.7 Å². The summed E-state index contributed by atoms with van der Waals surface area (Å²) in [6, 6.07) is 7.33. The van der Waals surface area contributed by atoms with E-state index in [0.29, 0.717) is 12.3 Å². The molecular weight excluding hydrogens is 178 g/mol. The number of rotatable bonds is 3. The molecule has 1 rings (SSSR count). The zero-order valence-electron chi connectivity index (χ0n) is 7.77. The minimum absolute atomic E-state index is 0.407. The van der Waals surface area contributed by atoms with Crippen LogP contribution < -0.4 is 4.74 Å². The van der Waals surface area contributed by atoms with Gasteiger partial charge in [0.25, 0.3) is 0 Å². The van der Waals surface area contributed by atoms with Crippen LogP contribution in [0.15, 0.2) is 18.3 Å². The van der Waals surface area contributed by atoms with Crippen LogP contribution in [0, 0.1) is 28.6 Å². The Kier molecular flexibility index (Phi) is 3.46. The highest BCUT2D eigenvalue weighted by Crippen LogP contribution is 2.10. The highest BCUT2D eigenvalue weighted by Gasteiger charge is 2.06. The molecule has 70 valence electrons. The first-order valence-corrected chi connectivity index (χ1v) is 4.08. The van der Waals surface area contributed by atoms with Crippen molar-refractivity contribution in [1.29, 1.82) is 10.5 Å². The lowest BCUT2D eigenvalue weighted by molar-refractivity contribution is 0.397. The molecule has 0 aliphatic rings. The van der Waals surface area contributed by atoms with Crippen molar-refractivity contribution >= 4 is 0 Å². The first-order chi connectivity index (χ1) is 6.80. The topological polar surface area (TPSA) is 69.7 Å². The molecule has 1 aromatic heterocycles. The van der Waals surface area contributed by atoms with Gasteiger partial charge in [-0.25, -0.2) is 4.98 Å². The summed E-state index contributed by atoms with van der Waals surface area (Å²) in [5.41, 5.74) is 0.860. The Morgan fingerprint density at radius 3 is 2.57 bits per heavy atom. The molecule has 0 amide bonds. The smallest absolute Gasteiger partial charge is 0.212 e. The van der Waals surface area contributed by atoms with Crippen LogP contribution in [-0.4, -0.2) is 12.1 Å². The summed E-state index contributed by atoms with van der Waals surface area (Å²) in [6.07, 6.45) is 2.02. The van der Waals surface area contributed by atoms with Crippen LogP contribution in [-0.2, 0) is 6.42 Å². The Balaban J connectivity index is 2.70. The normalized spacial score (nSPS) is 9.14. The summed E-state index contributed by atoms with van der Waals surface area (Å²) < 4.78 is 4.89. The van der Waals surface area contributed by atoms with Crippen molar-refractivity contribution in [2.24, 2.45) is 5.92 Å². The fourth-order valence-electron chi connectivity index (χ4n) is 1.01. The quantitative estimate of drug-likeness (QED) is 0.715. The number of aromatic nitrogens is 1. The first-order valence-electron chi connectivity index (χ1n) is 4.08. The molecule has 0 radical (unpaired) electrons. The van der Waals surface area contributed by atoms with Gasteiger partial charge in [-0.2, -0.15) is 10.5 Å². The molecule has 0 atom stereocenters. The van der Waals surface area contributed by atoms with E-state index in [4.69, 9.17) is 15.3 Å². The molecule has 14 heavy (non-hydrogen) atoms. The van der Waals surface area contributed by atoms with Gasteiger partial charge in [0.1, 0.15) is 5.92 Å². The van der Waals surface area contributed by atoms with Crippen LogP contribution in [0.25, 0.3) is 0 Å². The Bertz CT molecular complexity index is 358.